The highest BCUT2D eigenvalue weighted by atomic mass is 16.4. The highest BCUT2D eigenvalue weighted by Gasteiger charge is 2.17. The van der Waals surface area contributed by atoms with Gasteiger partial charge in [0.2, 0.25) is 0 Å². The predicted molar refractivity (Wildman–Crippen MR) is 74.4 cm³/mol. The molecule has 0 aliphatic heterocycles. The summed E-state index contributed by atoms with van der Waals surface area (Å²) in [4.78, 5) is 22.9. The quantitative estimate of drug-likeness (QED) is 0.883. The molecule has 0 radical (unpaired) electrons. The SMILES string of the molecule is CCc1cc(C)c(C(=O)NCc2cc(C(=O)O)c(C)o2)o1. The Morgan fingerprint density at radius 3 is 2.43 bits per heavy atom. The van der Waals surface area contributed by atoms with Crippen LogP contribution in [0.2, 0.25) is 0 Å². The number of carboxylic acid groups (broad SMARTS) is 1. The minimum Gasteiger partial charge on any atom is -0.478 e. The first-order chi connectivity index (χ1) is 9.92. The second-order valence-corrected chi connectivity index (χ2v) is 4.75. The van der Waals surface area contributed by atoms with Crippen molar-refractivity contribution in [1.82, 2.24) is 5.32 Å². The van der Waals surface area contributed by atoms with Crippen LogP contribution in [0, 0.1) is 13.8 Å². The number of carbonyl (C=O) groups is 2. The first kappa shape index (κ1) is 14.9. The molecule has 0 saturated heterocycles. The first-order valence-electron chi connectivity index (χ1n) is 6.62. The summed E-state index contributed by atoms with van der Waals surface area (Å²) < 4.78 is 10.7. The Morgan fingerprint density at radius 2 is 1.90 bits per heavy atom. The van der Waals surface area contributed by atoms with Gasteiger partial charge in [0.05, 0.1) is 6.54 Å². The van der Waals surface area contributed by atoms with Gasteiger partial charge in [0.25, 0.3) is 5.91 Å². The minimum atomic E-state index is -1.05. The molecule has 0 aliphatic carbocycles. The third kappa shape index (κ3) is 3.16. The molecule has 0 saturated carbocycles. The van der Waals surface area contributed by atoms with Crippen molar-refractivity contribution in [3.05, 3.63) is 46.3 Å². The van der Waals surface area contributed by atoms with Crippen LogP contribution in [0.15, 0.2) is 21.0 Å². The molecule has 0 aliphatic rings. The summed E-state index contributed by atoms with van der Waals surface area (Å²) in [5.41, 5.74) is 0.868. The molecule has 21 heavy (non-hydrogen) atoms. The van der Waals surface area contributed by atoms with Crippen molar-refractivity contribution in [1.29, 1.82) is 0 Å². The molecule has 0 bridgehead atoms. The van der Waals surface area contributed by atoms with Crippen LogP contribution in [-0.4, -0.2) is 17.0 Å². The van der Waals surface area contributed by atoms with Crippen molar-refractivity contribution < 1.29 is 23.5 Å². The Balaban J connectivity index is 2.05. The number of aromatic carboxylic acids is 1. The van der Waals surface area contributed by atoms with Gasteiger partial charge in [-0.15, -0.1) is 0 Å². The van der Waals surface area contributed by atoms with E-state index in [1.807, 2.05) is 13.0 Å². The topological polar surface area (TPSA) is 92.7 Å². The third-order valence-electron chi connectivity index (χ3n) is 3.15. The average molecular weight is 291 g/mol. The Bertz CT molecular complexity index is 680. The summed E-state index contributed by atoms with van der Waals surface area (Å²) >= 11 is 0. The van der Waals surface area contributed by atoms with E-state index in [1.165, 1.54) is 6.07 Å². The van der Waals surface area contributed by atoms with E-state index >= 15 is 0 Å². The predicted octanol–water partition coefficient (Wildman–Crippen LogP) is 2.68. The zero-order valence-electron chi connectivity index (χ0n) is 12.1. The molecule has 0 aromatic carbocycles. The summed E-state index contributed by atoms with van der Waals surface area (Å²) in [6.07, 6.45) is 0.716. The fourth-order valence-electron chi connectivity index (χ4n) is 2.04. The van der Waals surface area contributed by atoms with Crippen molar-refractivity contribution in [3.8, 4) is 0 Å². The van der Waals surface area contributed by atoms with Crippen LogP contribution in [0.1, 0.15) is 50.7 Å². The number of furan rings is 2. The molecule has 1 amide bonds. The number of nitrogens with one attached hydrogen (secondary N) is 1. The summed E-state index contributed by atoms with van der Waals surface area (Å²) in [6.45, 7) is 5.42. The highest BCUT2D eigenvalue weighted by Crippen LogP contribution is 2.17. The van der Waals surface area contributed by atoms with Gasteiger partial charge in [-0.1, -0.05) is 6.92 Å². The van der Waals surface area contributed by atoms with E-state index in [-0.39, 0.29) is 23.8 Å². The number of hydrogen-bond acceptors (Lipinski definition) is 4. The Morgan fingerprint density at radius 1 is 1.19 bits per heavy atom. The fourth-order valence-corrected chi connectivity index (χ4v) is 2.04. The Kier molecular flexibility index (Phi) is 4.16. The van der Waals surface area contributed by atoms with Crippen LogP contribution >= 0.6 is 0 Å². The number of rotatable bonds is 5. The van der Waals surface area contributed by atoms with Crippen LogP contribution < -0.4 is 5.32 Å². The van der Waals surface area contributed by atoms with E-state index in [9.17, 15) is 9.59 Å². The van der Waals surface area contributed by atoms with Crippen molar-refractivity contribution in [2.75, 3.05) is 0 Å². The number of aryl methyl sites for hydroxylation is 3. The van der Waals surface area contributed by atoms with Crippen molar-refractivity contribution in [2.45, 2.75) is 33.7 Å². The molecule has 0 spiro atoms. The molecular formula is C15H17NO5. The zero-order chi connectivity index (χ0) is 15.6. The smallest absolute Gasteiger partial charge is 0.339 e. The van der Waals surface area contributed by atoms with Gasteiger partial charge in [-0.05, 0) is 26.0 Å². The lowest BCUT2D eigenvalue weighted by molar-refractivity contribution is 0.0694. The highest BCUT2D eigenvalue weighted by molar-refractivity contribution is 5.93. The molecule has 0 unspecified atom stereocenters. The molecule has 2 aromatic heterocycles. The van der Waals surface area contributed by atoms with Crippen molar-refractivity contribution in [3.63, 3.8) is 0 Å². The van der Waals surface area contributed by atoms with Crippen LogP contribution in [0.4, 0.5) is 0 Å². The molecule has 2 heterocycles. The van der Waals surface area contributed by atoms with Gasteiger partial charge in [0, 0.05) is 12.0 Å². The average Bonchev–Trinajstić information content (AvgIpc) is 2.99. The maximum Gasteiger partial charge on any atom is 0.339 e. The van der Waals surface area contributed by atoms with E-state index in [0.717, 1.165) is 11.3 Å². The van der Waals surface area contributed by atoms with Crippen LogP contribution in [0.25, 0.3) is 0 Å². The second kappa shape index (κ2) is 5.87. The van der Waals surface area contributed by atoms with E-state index in [4.69, 9.17) is 13.9 Å². The van der Waals surface area contributed by atoms with E-state index in [1.54, 1.807) is 13.8 Å². The van der Waals surface area contributed by atoms with Gasteiger partial charge in [-0.25, -0.2) is 4.79 Å². The van der Waals surface area contributed by atoms with E-state index in [2.05, 4.69) is 5.32 Å². The molecular weight excluding hydrogens is 274 g/mol. The normalized spacial score (nSPS) is 10.6. The first-order valence-corrected chi connectivity index (χ1v) is 6.62. The summed E-state index contributed by atoms with van der Waals surface area (Å²) in [5.74, 6) is 0.321. The second-order valence-electron chi connectivity index (χ2n) is 4.75. The van der Waals surface area contributed by atoms with Crippen molar-refractivity contribution >= 4 is 11.9 Å². The maximum absolute atomic E-state index is 12.0. The summed E-state index contributed by atoms with van der Waals surface area (Å²) in [5, 5.41) is 11.6. The molecule has 2 aromatic rings. The standard InChI is InChI=1S/C15H17NO5/c1-4-10-5-8(2)13(21-10)14(17)16-7-11-6-12(15(18)19)9(3)20-11/h5-6H,4,7H2,1-3H3,(H,16,17)(H,18,19). The number of carboxylic acids is 1. The van der Waals surface area contributed by atoms with Gasteiger partial charge >= 0.3 is 5.97 Å². The zero-order valence-corrected chi connectivity index (χ0v) is 12.1. The van der Waals surface area contributed by atoms with Gasteiger partial charge in [0.1, 0.15) is 22.8 Å². The summed E-state index contributed by atoms with van der Waals surface area (Å²) in [7, 11) is 0. The fraction of sp³-hybridized carbons (Fsp3) is 0.333. The lowest BCUT2D eigenvalue weighted by atomic mass is 10.2. The Labute approximate surface area is 121 Å². The number of amides is 1. The lowest BCUT2D eigenvalue weighted by Gasteiger charge is -2.01. The molecule has 6 nitrogen and oxygen atoms in total. The van der Waals surface area contributed by atoms with Gasteiger partial charge in [-0.2, -0.15) is 0 Å². The number of hydrogen-bond donors (Lipinski definition) is 2. The molecule has 2 rings (SSSR count). The van der Waals surface area contributed by atoms with Gasteiger partial charge < -0.3 is 19.3 Å². The Hall–Kier alpha value is -2.50. The molecule has 0 fully saturated rings. The monoisotopic (exact) mass is 291 g/mol. The van der Waals surface area contributed by atoms with Crippen molar-refractivity contribution in [2.24, 2.45) is 0 Å². The molecule has 112 valence electrons. The molecule has 6 heteroatoms. The van der Waals surface area contributed by atoms with E-state index in [0.29, 0.717) is 17.9 Å². The minimum absolute atomic E-state index is 0.0988. The third-order valence-corrected chi connectivity index (χ3v) is 3.15. The van der Waals surface area contributed by atoms with Crippen LogP contribution in [0.5, 0.6) is 0 Å². The maximum atomic E-state index is 12.0. The van der Waals surface area contributed by atoms with Crippen LogP contribution in [-0.2, 0) is 13.0 Å². The number of carbonyl (C=O) groups excluding carboxylic acids is 1. The largest absolute Gasteiger partial charge is 0.478 e. The van der Waals surface area contributed by atoms with Crippen LogP contribution in [0.3, 0.4) is 0 Å². The molecule has 0 atom stereocenters. The van der Waals surface area contributed by atoms with E-state index < -0.39 is 5.97 Å². The lowest BCUT2D eigenvalue weighted by Crippen LogP contribution is -2.22. The molecule has 2 N–H and O–H groups in total. The van der Waals surface area contributed by atoms with Gasteiger partial charge in [0.15, 0.2) is 5.76 Å². The van der Waals surface area contributed by atoms with Gasteiger partial charge in [-0.3, -0.25) is 4.79 Å². The summed E-state index contributed by atoms with van der Waals surface area (Å²) in [6, 6.07) is 3.24.